The van der Waals surface area contributed by atoms with Crippen molar-refractivity contribution in [2.24, 2.45) is 4.99 Å². The van der Waals surface area contributed by atoms with Gasteiger partial charge in [0.05, 0.1) is 6.61 Å². The summed E-state index contributed by atoms with van der Waals surface area (Å²) in [6.45, 7) is 3.10. The second-order valence-corrected chi connectivity index (χ2v) is 7.42. The first kappa shape index (κ1) is 19.9. The number of carbonyl (C=O) groups is 2. The zero-order chi connectivity index (χ0) is 19.8. The minimum absolute atomic E-state index is 0.0986. The lowest BCUT2D eigenvalue weighted by atomic mass is 10.2. The predicted molar refractivity (Wildman–Crippen MR) is 113 cm³/mol. The molecule has 2 aromatic rings. The molecular weight excluding hydrogens is 374 g/mol. The zero-order valence-electron chi connectivity index (χ0n) is 15.7. The molecule has 0 radical (unpaired) electrons. The Hall–Kier alpha value is -2.80. The van der Waals surface area contributed by atoms with Crippen LogP contribution in [-0.4, -0.2) is 35.4 Å². The van der Waals surface area contributed by atoms with Crippen LogP contribution in [0.2, 0.25) is 0 Å². The molecule has 3 rings (SSSR count). The molecule has 2 N–H and O–H groups in total. The van der Waals surface area contributed by atoms with E-state index in [1.807, 2.05) is 25.1 Å². The van der Waals surface area contributed by atoms with E-state index in [0.717, 1.165) is 12.2 Å². The Balaban J connectivity index is 1.46. The van der Waals surface area contributed by atoms with Crippen LogP contribution in [0.5, 0.6) is 5.75 Å². The normalized spacial score (nSPS) is 17.4. The van der Waals surface area contributed by atoms with Crippen molar-refractivity contribution in [3.63, 3.8) is 0 Å². The van der Waals surface area contributed by atoms with E-state index in [-0.39, 0.29) is 18.2 Å². The van der Waals surface area contributed by atoms with Gasteiger partial charge in [0.25, 0.3) is 0 Å². The second kappa shape index (κ2) is 9.94. The molecule has 2 amide bonds. The molecule has 1 saturated heterocycles. The Morgan fingerprint density at radius 2 is 1.93 bits per heavy atom. The predicted octanol–water partition coefficient (Wildman–Crippen LogP) is 3.24. The van der Waals surface area contributed by atoms with Crippen LogP contribution in [0.3, 0.4) is 0 Å². The molecule has 1 heterocycles. The number of nitrogens with one attached hydrogen (secondary N) is 2. The summed E-state index contributed by atoms with van der Waals surface area (Å²) >= 11 is 1.31. The Kier molecular flexibility index (Phi) is 7.08. The first-order valence-electron chi connectivity index (χ1n) is 9.22. The van der Waals surface area contributed by atoms with Crippen molar-refractivity contribution in [3.05, 3.63) is 60.2 Å². The Bertz CT molecular complexity index is 838. The quantitative estimate of drug-likeness (QED) is 0.717. The SMILES string of the molecule is CCOc1ccc(NC(=O)CC2SC(=NCCc3ccccc3)NC2=O)cc1. The Morgan fingerprint density at radius 1 is 1.18 bits per heavy atom. The summed E-state index contributed by atoms with van der Waals surface area (Å²) in [4.78, 5) is 28.8. The molecule has 0 aromatic heterocycles. The maximum Gasteiger partial charge on any atom is 0.240 e. The van der Waals surface area contributed by atoms with Crippen molar-refractivity contribution < 1.29 is 14.3 Å². The number of nitrogens with zero attached hydrogens (tertiary/aromatic N) is 1. The van der Waals surface area contributed by atoms with Crippen molar-refractivity contribution in [2.45, 2.75) is 25.0 Å². The number of thioether (sulfide) groups is 1. The van der Waals surface area contributed by atoms with Crippen LogP contribution < -0.4 is 15.4 Å². The highest BCUT2D eigenvalue weighted by Gasteiger charge is 2.31. The molecule has 7 heteroatoms. The monoisotopic (exact) mass is 397 g/mol. The maximum absolute atomic E-state index is 12.3. The number of ether oxygens (including phenoxy) is 1. The topological polar surface area (TPSA) is 79.8 Å². The first-order chi connectivity index (χ1) is 13.6. The van der Waals surface area contributed by atoms with E-state index in [4.69, 9.17) is 4.74 Å². The van der Waals surface area contributed by atoms with E-state index in [1.165, 1.54) is 17.3 Å². The number of benzene rings is 2. The van der Waals surface area contributed by atoms with Crippen molar-refractivity contribution in [1.29, 1.82) is 0 Å². The molecule has 0 aliphatic carbocycles. The van der Waals surface area contributed by atoms with Gasteiger partial charge in [-0.3, -0.25) is 14.6 Å². The van der Waals surface area contributed by atoms with E-state index in [2.05, 4.69) is 27.8 Å². The minimum Gasteiger partial charge on any atom is -0.494 e. The van der Waals surface area contributed by atoms with Crippen molar-refractivity contribution in [2.75, 3.05) is 18.5 Å². The number of hydrogen-bond donors (Lipinski definition) is 2. The fraction of sp³-hybridized carbons (Fsp3) is 0.286. The van der Waals surface area contributed by atoms with Crippen LogP contribution in [0, 0.1) is 0 Å². The molecule has 0 spiro atoms. The third kappa shape index (κ3) is 5.85. The maximum atomic E-state index is 12.3. The van der Waals surface area contributed by atoms with Crippen LogP contribution in [0.25, 0.3) is 0 Å². The van der Waals surface area contributed by atoms with Gasteiger partial charge in [0.2, 0.25) is 11.8 Å². The highest BCUT2D eigenvalue weighted by molar-refractivity contribution is 8.15. The van der Waals surface area contributed by atoms with Gasteiger partial charge < -0.3 is 15.4 Å². The molecule has 1 aliphatic rings. The van der Waals surface area contributed by atoms with Crippen molar-refractivity contribution >= 4 is 34.4 Å². The summed E-state index contributed by atoms with van der Waals surface area (Å²) in [6, 6.07) is 17.2. The highest BCUT2D eigenvalue weighted by atomic mass is 32.2. The number of rotatable bonds is 8. The molecule has 1 atom stereocenters. The van der Waals surface area contributed by atoms with Gasteiger partial charge in [-0.2, -0.15) is 0 Å². The van der Waals surface area contributed by atoms with Gasteiger partial charge >= 0.3 is 0 Å². The molecule has 146 valence electrons. The highest BCUT2D eigenvalue weighted by Crippen LogP contribution is 2.23. The largest absolute Gasteiger partial charge is 0.494 e. The summed E-state index contributed by atoms with van der Waals surface area (Å²) in [7, 11) is 0. The number of aliphatic imine (C=N–C) groups is 1. The summed E-state index contributed by atoms with van der Waals surface area (Å²) in [6.07, 6.45) is 0.908. The number of anilines is 1. The number of carbonyl (C=O) groups excluding carboxylic acids is 2. The van der Waals surface area contributed by atoms with Gasteiger partial charge in [0.1, 0.15) is 11.0 Å². The first-order valence-corrected chi connectivity index (χ1v) is 10.1. The fourth-order valence-corrected chi connectivity index (χ4v) is 3.72. The summed E-state index contributed by atoms with van der Waals surface area (Å²) in [5.41, 5.74) is 1.88. The number of amidine groups is 1. The van der Waals surface area contributed by atoms with E-state index in [1.54, 1.807) is 24.3 Å². The molecule has 28 heavy (non-hydrogen) atoms. The van der Waals surface area contributed by atoms with Gasteiger partial charge in [-0.15, -0.1) is 0 Å². The van der Waals surface area contributed by atoms with E-state index >= 15 is 0 Å². The average molecular weight is 398 g/mol. The van der Waals surface area contributed by atoms with Crippen molar-refractivity contribution in [1.82, 2.24) is 5.32 Å². The van der Waals surface area contributed by atoms with Crippen LogP contribution in [-0.2, 0) is 16.0 Å². The molecule has 0 bridgehead atoms. The lowest BCUT2D eigenvalue weighted by Gasteiger charge is -2.08. The van der Waals surface area contributed by atoms with Crippen LogP contribution in [0.15, 0.2) is 59.6 Å². The van der Waals surface area contributed by atoms with Crippen molar-refractivity contribution in [3.8, 4) is 5.75 Å². The fourth-order valence-electron chi connectivity index (χ4n) is 2.73. The number of amides is 2. The van der Waals surface area contributed by atoms with Gasteiger partial charge in [0, 0.05) is 18.7 Å². The van der Waals surface area contributed by atoms with E-state index < -0.39 is 5.25 Å². The summed E-state index contributed by atoms with van der Waals surface area (Å²) in [5.74, 6) is 0.371. The third-order valence-corrected chi connectivity index (χ3v) is 5.21. The van der Waals surface area contributed by atoms with Gasteiger partial charge in [-0.05, 0) is 43.2 Å². The Labute approximate surface area is 168 Å². The minimum atomic E-state index is -0.460. The van der Waals surface area contributed by atoms with E-state index in [0.29, 0.717) is 24.0 Å². The lowest BCUT2D eigenvalue weighted by molar-refractivity contribution is -0.122. The van der Waals surface area contributed by atoms with Crippen LogP contribution in [0.4, 0.5) is 5.69 Å². The van der Waals surface area contributed by atoms with Crippen LogP contribution in [0.1, 0.15) is 18.9 Å². The summed E-state index contributed by atoms with van der Waals surface area (Å²) in [5, 5.41) is 5.69. The van der Waals surface area contributed by atoms with Gasteiger partial charge in [-0.25, -0.2) is 0 Å². The van der Waals surface area contributed by atoms with Gasteiger partial charge in [0.15, 0.2) is 5.17 Å². The Morgan fingerprint density at radius 3 is 2.64 bits per heavy atom. The lowest BCUT2D eigenvalue weighted by Crippen LogP contribution is -2.28. The standard InChI is InChI=1S/C21H23N3O3S/c1-2-27-17-10-8-16(9-11-17)23-19(25)14-18-20(26)24-21(28-18)22-13-12-15-6-4-3-5-7-15/h3-11,18H,2,12-14H2,1H3,(H,23,25)(H,22,24,26). The van der Waals surface area contributed by atoms with Crippen LogP contribution >= 0.6 is 11.8 Å². The molecular formula is C21H23N3O3S. The van der Waals surface area contributed by atoms with Gasteiger partial charge in [-0.1, -0.05) is 42.1 Å². The molecule has 6 nitrogen and oxygen atoms in total. The molecule has 1 unspecified atom stereocenters. The number of hydrogen-bond acceptors (Lipinski definition) is 5. The smallest absolute Gasteiger partial charge is 0.240 e. The molecule has 1 aliphatic heterocycles. The average Bonchev–Trinajstić information content (AvgIpc) is 3.03. The van der Waals surface area contributed by atoms with E-state index in [9.17, 15) is 9.59 Å². The zero-order valence-corrected chi connectivity index (χ0v) is 16.5. The third-order valence-electron chi connectivity index (χ3n) is 4.10. The molecule has 0 saturated carbocycles. The summed E-state index contributed by atoms with van der Waals surface area (Å²) < 4.78 is 5.38. The molecule has 1 fully saturated rings. The molecule has 2 aromatic carbocycles. The second-order valence-electron chi connectivity index (χ2n) is 6.23.